The zero-order chi connectivity index (χ0) is 25.9. The van der Waals surface area contributed by atoms with Crippen LogP contribution in [0.4, 0.5) is 0 Å². The van der Waals surface area contributed by atoms with Gasteiger partial charge in [-0.05, 0) is 32.6 Å². The third-order valence-corrected chi connectivity index (χ3v) is 5.24. The average molecular weight is 520 g/mol. The van der Waals surface area contributed by atoms with Gasteiger partial charge in [0.2, 0.25) is 23.6 Å². The number of nitrogens with zero attached hydrogens (tertiary/aromatic N) is 1. The minimum atomic E-state index is -0.485. The predicted octanol–water partition coefficient (Wildman–Crippen LogP) is 1.13. The van der Waals surface area contributed by atoms with Gasteiger partial charge in [-0.3, -0.25) is 24.5 Å². The van der Waals surface area contributed by atoms with Crippen LogP contribution < -0.4 is 21.3 Å². The number of likely N-dealkylation sites (tertiary alicyclic amines) is 1. The van der Waals surface area contributed by atoms with Crippen molar-refractivity contribution >= 4 is 23.6 Å². The normalized spacial score (nSPS) is 15.2. The van der Waals surface area contributed by atoms with Crippen molar-refractivity contribution in [3.8, 4) is 11.8 Å². The van der Waals surface area contributed by atoms with Crippen molar-refractivity contribution in [1.82, 2.24) is 26.2 Å². The number of hydrogen-bond donors (Lipinski definition) is 4. The molecule has 214 valence electrons. The van der Waals surface area contributed by atoms with Crippen molar-refractivity contribution < 1.29 is 34.4 Å². The molecule has 11 heteroatoms. The fourth-order valence-electron chi connectivity index (χ4n) is 3.25. The van der Waals surface area contributed by atoms with Gasteiger partial charge in [0.15, 0.2) is 0 Å². The Kier molecular flexibility index (Phi) is 19.0. The van der Waals surface area contributed by atoms with Gasteiger partial charge in [-0.1, -0.05) is 27.2 Å². The van der Waals surface area contributed by atoms with E-state index < -0.39 is 11.8 Å². The Bertz CT molecular complexity index is 755. The van der Waals surface area contributed by atoms with Crippen LogP contribution in [0.2, 0.25) is 0 Å². The molecule has 1 fully saturated rings. The second kappa shape index (κ2) is 20.5. The van der Waals surface area contributed by atoms with E-state index in [1.54, 1.807) is 0 Å². The minimum Gasteiger partial charge on any atom is -0.364 e. The van der Waals surface area contributed by atoms with Crippen LogP contribution in [-0.4, -0.2) is 93.3 Å². The smallest absolute Gasteiger partial charge is 0.246 e. The molecule has 0 aromatic heterocycles. The number of carbonyl (C=O) groups is 4. The van der Waals surface area contributed by atoms with Crippen LogP contribution in [0.3, 0.4) is 0 Å². The molecule has 1 saturated heterocycles. The monoisotopic (exact) mass is 519 g/mol. The van der Waals surface area contributed by atoms with Gasteiger partial charge in [-0.25, -0.2) is 0 Å². The van der Waals surface area contributed by atoms with E-state index in [0.29, 0.717) is 12.5 Å². The van der Waals surface area contributed by atoms with Crippen molar-refractivity contribution in [2.45, 2.75) is 72.4 Å². The molecule has 2 unspecified atom stereocenters. The van der Waals surface area contributed by atoms with Crippen LogP contribution in [-0.2, 0) is 28.7 Å². The summed E-state index contributed by atoms with van der Waals surface area (Å²) >= 11 is 0. The van der Waals surface area contributed by atoms with Crippen LogP contribution in [0.25, 0.3) is 0 Å². The van der Waals surface area contributed by atoms with E-state index in [1.165, 1.54) is 0 Å². The van der Waals surface area contributed by atoms with Gasteiger partial charge in [0.05, 0.1) is 33.0 Å². The van der Waals surface area contributed by atoms with Crippen molar-refractivity contribution in [2.75, 3.05) is 52.7 Å². The lowest BCUT2D eigenvalue weighted by Crippen LogP contribution is -2.43. The summed E-state index contributed by atoms with van der Waals surface area (Å²) in [5.74, 6) is 4.74. The Balaban J connectivity index is -0.000000817. The number of nitrogens with one attached hydrogen (secondary N) is 4. The van der Waals surface area contributed by atoms with Gasteiger partial charge in [-0.15, -0.1) is 5.92 Å². The maximum atomic E-state index is 12.0. The second-order valence-corrected chi connectivity index (χ2v) is 8.24. The molecule has 0 radical (unpaired) electrons. The van der Waals surface area contributed by atoms with Crippen LogP contribution in [0.1, 0.15) is 66.0 Å². The lowest BCUT2D eigenvalue weighted by atomic mass is 10.2. The molecular formula is C25H53N5O6. The Morgan fingerprint density at radius 1 is 1.06 bits per heavy atom. The topological polar surface area (TPSA) is 138 Å². The van der Waals surface area contributed by atoms with Gasteiger partial charge in [0, 0.05) is 31.3 Å². The highest BCUT2D eigenvalue weighted by Crippen LogP contribution is 2.15. The number of unbranched alkanes of at least 4 members (excludes halogenated alkanes) is 1. The van der Waals surface area contributed by atoms with Crippen molar-refractivity contribution in [2.24, 2.45) is 0 Å². The summed E-state index contributed by atoms with van der Waals surface area (Å²) in [6.07, 6.45) is 4.18. The first-order valence-corrected chi connectivity index (χ1v) is 12.3. The fraction of sp³-hybridized carbons (Fsp3) is 0.760. The van der Waals surface area contributed by atoms with Crippen LogP contribution >= 0.6 is 0 Å². The Morgan fingerprint density at radius 2 is 1.75 bits per heavy atom. The number of hydrogen-bond acceptors (Lipinski definition) is 7. The zero-order valence-electron chi connectivity index (χ0n) is 21.2. The standard InChI is InChI=1S/C24H41N5O6.CH4.4H2/c1-4-6-7-10-20(5-2)35-17-23(32)28-15-22(31)27-14-21(30)26-11-13-34-18-25-16-24(33)29-12-8-9-19(29)3;;;;;/h19-20,25H,4-6,8-9,11-18H2,1-3H3,(H,26,30)(H,27,31)(H,28,32);1H4;4*1H. The third kappa shape index (κ3) is 15.3. The molecule has 0 aromatic carbocycles. The van der Waals surface area contributed by atoms with Gasteiger partial charge < -0.3 is 30.3 Å². The Labute approximate surface area is 221 Å². The van der Waals surface area contributed by atoms with E-state index in [0.717, 1.165) is 32.2 Å². The predicted molar refractivity (Wildman–Crippen MR) is 146 cm³/mol. The first-order chi connectivity index (χ1) is 16.9. The summed E-state index contributed by atoms with van der Waals surface area (Å²) in [7, 11) is 0. The van der Waals surface area contributed by atoms with Gasteiger partial charge >= 0.3 is 0 Å². The largest absolute Gasteiger partial charge is 0.364 e. The van der Waals surface area contributed by atoms with Crippen molar-refractivity contribution in [3.63, 3.8) is 0 Å². The molecule has 0 aromatic rings. The molecule has 4 amide bonds. The van der Waals surface area contributed by atoms with Gasteiger partial charge in [0.1, 0.15) is 12.7 Å². The molecule has 4 N–H and O–H groups in total. The summed E-state index contributed by atoms with van der Waals surface area (Å²) in [4.78, 5) is 49.3. The molecule has 1 heterocycles. The second-order valence-electron chi connectivity index (χ2n) is 8.24. The summed E-state index contributed by atoms with van der Waals surface area (Å²) in [5.41, 5.74) is 0. The third-order valence-electron chi connectivity index (χ3n) is 5.24. The molecule has 1 aliphatic heterocycles. The van der Waals surface area contributed by atoms with Crippen molar-refractivity contribution in [3.05, 3.63) is 0 Å². The summed E-state index contributed by atoms with van der Waals surface area (Å²) in [6.45, 7) is 7.11. The number of rotatable bonds is 16. The van der Waals surface area contributed by atoms with Gasteiger partial charge in [-0.2, -0.15) is 0 Å². The highest BCUT2D eigenvalue weighted by molar-refractivity contribution is 5.88. The van der Waals surface area contributed by atoms with Crippen LogP contribution in [0.5, 0.6) is 0 Å². The maximum absolute atomic E-state index is 12.0. The molecule has 1 rings (SSSR count). The average Bonchev–Trinajstić information content (AvgIpc) is 3.28. The fourth-order valence-corrected chi connectivity index (χ4v) is 3.25. The van der Waals surface area contributed by atoms with E-state index in [4.69, 9.17) is 9.47 Å². The molecule has 0 saturated carbocycles. The number of ether oxygens (including phenoxy) is 2. The Hall–Kier alpha value is -2.68. The van der Waals surface area contributed by atoms with Crippen LogP contribution in [0, 0.1) is 11.8 Å². The zero-order valence-corrected chi connectivity index (χ0v) is 21.2. The molecule has 36 heavy (non-hydrogen) atoms. The molecule has 11 nitrogen and oxygen atoms in total. The first kappa shape index (κ1) is 33.3. The SMILES string of the molecule is C.CCCC#CC(CC)OCC(=O)NCC(=O)NCC(=O)NCCOCNCC(=O)N1CCCC1C.[HH].[HH].[HH].[HH]. The maximum Gasteiger partial charge on any atom is 0.246 e. The Morgan fingerprint density at radius 3 is 2.39 bits per heavy atom. The van der Waals surface area contributed by atoms with Crippen LogP contribution in [0.15, 0.2) is 0 Å². The highest BCUT2D eigenvalue weighted by atomic mass is 16.5. The quantitative estimate of drug-likeness (QED) is 0.136. The molecule has 1 aliphatic rings. The molecule has 0 bridgehead atoms. The molecule has 0 spiro atoms. The lowest BCUT2D eigenvalue weighted by molar-refractivity contribution is -0.131. The summed E-state index contributed by atoms with van der Waals surface area (Å²) in [5, 5.41) is 10.4. The number of amides is 4. The van der Waals surface area contributed by atoms with E-state index >= 15 is 0 Å². The summed E-state index contributed by atoms with van der Waals surface area (Å²) < 4.78 is 10.8. The first-order valence-electron chi connectivity index (χ1n) is 12.3. The molecule has 2 atom stereocenters. The van der Waals surface area contributed by atoms with E-state index in [2.05, 4.69) is 33.1 Å². The van der Waals surface area contributed by atoms with Gasteiger partial charge in [0.25, 0.3) is 0 Å². The number of carbonyl (C=O) groups excluding carboxylic acids is 4. The van der Waals surface area contributed by atoms with E-state index in [1.807, 2.05) is 25.7 Å². The summed E-state index contributed by atoms with van der Waals surface area (Å²) in [6, 6.07) is 0.292. The highest BCUT2D eigenvalue weighted by Gasteiger charge is 2.24. The van der Waals surface area contributed by atoms with E-state index in [9.17, 15) is 19.2 Å². The van der Waals surface area contributed by atoms with Crippen molar-refractivity contribution in [1.29, 1.82) is 0 Å². The van der Waals surface area contributed by atoms with E-state index in [-0.39, 0.29) is 77.2 Å². The molecule has 0 aliphatic carbocycles. The minimum absolute atomic E-state index is 0. The lowest BCUT2D eigenvalue weighted by Gasteiger charge is -2.21. The molecular weight excluding hydrogens is 466 g/mol.